The highest BCUT2D eigenvalue weighted by molar-refractivity contribution is 5.86. The second kappa shape index (κ2) is 14.7. The Kier molecular flexibility index (Phi) is 10.8. The fraction of sp³-hybridized carbons (Fsp3) is 0.516. The van der Waals surface area contributed by atoms with E-state index in [0.717, 1.165) is 70.9 Å². The van der Waals surface area contributed by atoms with Crippen LogP contribution < -0.4 is 20.0 Å². The van der Waals surface area contributed by atoms with Gasteiger partial charge in [-0.1, -0.05) is 12.1 Å². The van der Waals surface area contributed by atoms with E-state index >= 15 is 0 Å². The molecule has 0 saturated carbocycles. The van der Waals surface area contributed by atoms with E-state index < -0.39 is 0 Å². The highest BCUT2D eigenvalue weighted by Crippen LogP contribution is 2.24. The highest BCUT2D eigenvalue weighted by Gasteiger charge is 2.19. The van der Waals surface area contributed by atoms with Gasteiger partial charge in [0.25, 0.3) is 0 Å². The number of carbonyl (C=O) groups excluding carboxylic acids is 3. The van der Waals surface area contributed by atoms with Crippen molar-refractivity contribution in [3.05, 3.63) is 54.1 Å². The lowest BCUT2D eigenvalue weighted by molar-refractivity contribution is -0.132. The summed E-state index contributed by atoms with van der Waals surface area (Å²) in [6.45, 7) is 7.87. The number of nitrogens with zero attached hydrogens (tertiary/aromatic N) is 5. The molecule has 9 nitrogen and oxygen atoms in total. The monoisotopic (exact) mass is 548 g/mol. The maximum atomic E-state index is 12.5. The predicted octanol–water partition coefficient (Wildman–Crippen LogP) is 2.95. The van der Waals surface area contributed by atoms with Gasteiger partial charge in [0, 0.05) is 95.9 Å². The van der Waals surface area contributed by atoms with Crippen molar-refractivity contribution in [2.75, 3.05) is 81.2 Å². The number of likely N-dealkylation sites (tertiary alicyclic amines) is 1. The Bertz CT molecular complexity index is 1090. The van der Waals surface area contributed by atoms with Crippen LogP contribution in [0.2, 0.25) is 0 Å². The van der Waals surface area contributed by atoms with E-state index in [1.807, 2.05) is 16.8 Å². The first-order chi connectivity index (χ1) is 19.4. The molecule has 2 aromatic rings. The Balaban J connectivity index is 1.19. The molecule has 216 valence electrons. The molecule has 0 aromatic heterocycles. The summed E-state index contributed by atoms with van der Waals surface area (Å²) in [6, 6.07) is 17.3. The van der Waals surface area contributed by atoms with E-state index in [1.165, 1.54) is 23.4 Å². The minimum absolute atomic E-state index is 0.269. The van der Waals surface area contributed by atoms with E-state index in [4.69, 9.17) is 0 Å². The first-order valence-corrected chi connectivity index (χ1v) is 14.5. The first kappa shape index (κ1) is 29.4. The largest absolute Gasteiger partial charge is 0.374 e. The van der Waals surface area contributed by atoms with E-state index in [0.29, 0.717) is 25.3 Å². The minimum atomic E-state index is -0.269. The van der Waals surface area contributed by atoms with Crippen molar-refractivity contribution >= 4 is 35.3 Å². The predicted molar refractivity (Wildman–Crippen MR) is 161 cm³/mol. The van der Waals surface area contributed by atoms with Crippen molar-refractivity contribution in [2.45, 2.75) is 38.6 Å². The van der Waals surface area contributed by atoms with Crippen LogP contribution in [0.25, 0.3) is 0 Å². The van der Waals surface area contributed by atoms with Crippen LogP contribution in [0, 0.1) is 0 Å². The molecule has 0 spiro atoms. The lowest BCUT2D eigenvalue weighted by Crippen LogP contribution is -2.46. The van der Waals surface area contributed by atoms with Gasteiger partial charge >= 0.3 is 0 Å². The van der Waals surface area contributed by atoms with Gasteiger partial charge < -0.3 is 24.5 Å². The fourth-order valence-corrected chi connectivity index (χ4v) is 5.47. The molecular weight excluding hydrogens is 504 g/mol. The maximum absolute atomic E-state index is 12.5. The van der Waals surface area contributed by atoms with E-state index in [9.17, 15) is 14.4 Å². The summed E-state index contributed by atoms with van der Waals surface area (Å²) in [4.78, 5) is 45.5. The molecule has 2 aliphatic rings. The number of hydrogen-bond acceptors (Lipinski definition) is 7. The first-order valence-electron chi connectivity index (χ1n) is 14.5. The Morgan fingerprint density at radius 2 is 1.35 bits per heavy atom. The standard InChI is InChI=1S/C31H44N6O3/c1-33(18-15-31(40)37-16-4-3-5-17-37)24-26-6-8-28(9-7-26)35-20-22-36(23-21-35)29-12-10-27(11-13-29)34(2)19-14-30(39)32-25-38/h6-13,25H,3-5,14-24H2,1-2H3,(H,32,38,39). The van der Waals surface area contributed by atoms with Crippen molar-refractivity contribution < 1.29 is 14.4 Å². The lowest BCUT2D eigenvalue weighted by Gasteiger charge is -2.37. The number of carbonyl (C=O) groups is 3. The highest BCUT2D eigenvalue weighted by atomic mass is 16.2. The van der Waals surface area contributed by atoms with Gasteiger partial charge in [0.2, 0.25) is 18.2 Å². The van der Waals surface area contributed by atoms with Crippen molar-refractivity contribution in [3.63, 3.8) is 0 Å². The molecule has 0 unspecified atom stereocenters. The number of amides is 3. The topological polar surface area (TPSA) is 79.4 Å². The molecule has 0 aliphatic carbocycles. The summed E-state index contributed by atoms with van der Waals surface area (Å²) in [5.41, 5.74) is 4.76. The van der Waals surface area contributed by atoms with Gasteiger partial charge in [-0.2, -0.15) is 0 Å². The maximum Gasteiger partial charge on any atom is 0.228 e. The van der Waals surface area contributed by atoms with Crippen LogP contribution in [0.3, 0.4) is 0 Å². The fourth-order valence-electron chi connectivity index (χ4n) is 5.47. The molecule has 1 N–H and O–H groups in total. The van der Waals surface area contributed by atoms with Crippen LogP contribution in [0.15, 0.2) is 48.5 Å². The summed E-state index contributed by atoms with van der Waals surface area (Å²) in [5, 5.41) is 2.18. The molecule has 2 fully saturated rings. The van der Waals surface area contributed by atoms with Crippen LogP contribution in [0.1, 0.15) is 37.7 Å². The third-order valence-electron chi connectivity index (χ3n) is 8.00. The van der Waals surface area contributed by atoms with Crippen LogP contribution in [-0.2, 0) is 20.9 Å². The Labute approximate surface area is 238 Å². The second-order valence-corrected chi connectivity index (χ2v) is 10.9. The number of piperidine rings is 1. The average molecular weight is 549 g/mol. The minimum Gasteiger partial charge on any atom is -0.374 e. The van der Waals surface area contributed by atoms with Crippen molar-refractivity contribution in [2.24, 2.45) is 0 Å². The molecule has 2 saturated heterocycles. The van der Waals surface area contributed by atoms with Crippen LogP contribution in [-0.4, -0.2) is 94.5 Å². The number of rotatable bonds is 12. The molecule has 9 heteroatoms. The SMILES string of the molecule is CN(CCC(=O)N1CCCCC1)Cc1ccc(N2CCN(c3ccc(N(C)CCC(=O)NC=O)cc3)CC2)cc1. The Morgan fingerprint density at radius 1 is 0.775 bits per heavy atom. The Morgan fingerprint density at radius 3 is 1.93 bits per heavy atom. The summed E-state index contributed by atoms with van der Waals surface area (Å²) in [6.07, 6.45) is 4.83. The van der Waals surface area contributed by atoms with Gasteiger partial charge in [0.15, 0.2) is 0 Å². The molecule has 4 rings (SSSR count). The number of anilines is 3. The van der Waals surface area contributed by atoms with E-state index in [2.05, 4.69) is 75.6 Å². The summed E-state index contributed by atoms with van der Waals surface area (Å²) < 4.78 is 0. The van der Waals surface area contributed by atoms with Crippen molar-refractivity contribution in [1.29, 1.82) is 0 Å². The van der Waals surface area contributed by atoms with Gasteiger partial charge in [0.1, 0.15) is 0 Å². The van der Waals surface area contributed by atoms with E-state index in [-0.39, 0.29) is 12.3 Å². The zero-order valence-corrected chi connectivity index (χ0v) is 24.1. The third kappa shape index (κ3) is 8.45. The smallest absolute Gasteiger partial charge is 0.228 e. The summed E-state index contributed by atoms with van der Waals surface area (Å²) in [5.74, 6) is 0.0248. The molecule has 2 aliphatic heterocycles. The summed E-state index contributed by atoms with van der Waals surface area (Å²) in [7, 11) is 4.04. The van der Waals surface area contributed by atoms with Gasteiger partial charge in [-0.3, -0.25) is 19.7 Å². The number of piperazine rings is 1. The number of hydrogen-bond donors (Lipinski definition) is 1. The van der Waals surface area contributed by atoms with Crippen molar-refractivity contribution in [1.82, 2.24) is 15.1 Å². The van der Waals surface area contributed by atoms with Gasteiger partial charge in [0.05, 0.1) is 0 Å². The zero-order valence-electron chi connectivity index (χ0n) is 24.1. The molecule has 2 aromatic carbocycles. The van der Waals surface area contributed by atoms with Crippen LogP contribution in [0.5, 0.6) is 0 Å². The molecule has 0 radical (unpaired) electrons. The quantitative estimate of drug-likeness (QED) is 0.409. The molecular formula is C31H44N6O3. The molecule has 0 bridgehead atoms. The number of benzene rings is 2. The molecule has 0 atom stereocenters. The number of nitrogens with one attached hydrogen (secondary N) is 1. The van der Waals surface area contributed by atoms with Crippen molar-refractivity contribution in [3.8, 4) is 0 Å². The third-order valence-corrected chi connectivity index (χ3v) is 8.00. The van der Waals surface area contributed by atoms with E-state index in [1.54, 1.807) is 0 Å². The molecule has 3 amide bonds. The lowest BCUT2D eigenvalue weighted by atomic mass is 10.1. The number of imide groups is 1. The average Bonchev–Trinajstić information content (AvgIpc) is 3.00. The van der Waals surface area contributed by atoms with Crippen LogP contribution in [0.4, 0.5) is 17.1 Å². The second-order valence-electron chi connectivity index (χ2n) is 10.9. The Hall–Kier alpha value is -3.59. The summed E-state index contributed by atoms with van der Waals surface area (Å²) >= 11 is 0. The zero-order chi connectivity index (χ0) is 28.3. The van der Waals surface area contributed by atoms with Gasteiger partial charge in [-0.05, 0) is 68.3 Å². The van der Waals surface area contributed by atoms with Gasteiger partial charge in [-0.25, -0.2) is 0 Å². The van der Waals surface area contributed by atoms with Crippen LogP contribution >= 0.6 is 0 Å². The van der Waals surface area contributed by atoms with Gasteiger partial charge in [-0.15, -0.1) is 0 Å². The molecule has 40 heavy (non-hydrogen) atoms. The molecule has 2 heterocycles. The normalized spacial score (nSPS) is 15.7.